The van der Waals surface area contributed by atoms with Crippen LogP contribution < -0.4 is 5.73 Å². The van der Waals surface area contributed by atoms with Crippen LogP contribution in [0.1, 0.15) is 13.8 Å². The van der Waals surface area contributed by atoms with Crippen molar-refractivity contribution in [1.29, 1.82) is 0 Å². The fourth-order valence-electron chi connectivity index (χ4n) is 1.64. The Labute approximate surface area is 110 Å². The molecule has 6 nitrogen and oxygen atoms in total. The summed E-state index contributed by atoms with van der Waals surface area (Å²) >= 11 is 0. The maximum absolute atomic E-state index is 13.8. The van der Waals surface area contributed by atoms with Crippen molar-refractivity contribution in [2.45, 2.75) is 26.5 Å². The largest absolute Gasteiger partial charge is 0.399 e. The average Bonchev–Trinajstić information content (AvgIpc) is 2.80. The smallest absolute Gasteiger partial charge is 0.185 e. The topological polar surface area (TPSA) is 78.8 Å². The number of aromatic nitrogens is 4. The number of hydrogen-bond donors (Lipinski definition) is 1. The van der Waals surface area contributed by atoms with Gasteiger partial charge in [-0.2, -0.15) is 0 Å². The molecule has 0 unspecified atom stereocenters. The molecule has 0 saturated heterocycles. The number of hydrogen-bond acceptors (Lipinski definition) is 5. The molecule has 0 radical (unpaired) electrons. The molecule has 0 saturated carbocycles. The molecule has 1 aromatic heterocycles. The van der Waals surface area contributed by atoms with Gasteiger partial charge in [-0.25, -0.2) is 9.07 Å². The summed E-state index contributed by atoms with van der Waals surface area (Å²) in [6.45, 7) is 4.80. The van der Waals surface area contributed by atoms with Crippen molar-refractivity contribution >= 4 is 5.69 Å². The number of ether oxygens (including phenoxy) is 1. The van der Waals surface area contributed by atoms with Gasteiger partial charge >= 0.3 is 0 Å². The van der Waals surface area contributed by atoms with E-state index in [1.165, 1.54) is 22.9 Å². The Balaban J connectivity index is 2.21. The zero-order chi connectivity index (χ0) is 13.8. The quantitative estimate of drug-likeness (QED) is 0.828. The molecule has 0 atom stereocenters. The van der Waals surface area contributed by atoms with E-state index < -0.39 is 5.82 Å². The minimum absolute atomic E-state index is 0.129. The summed E-state index contributed by atoms with van der Waals surface area (Å²) in [5.74, 6) is -0.0628. The Kier molecular flexibility index (Phi) is 4.06. The van der Waals surface area contributed by atoms with Gasteiger partial charge in [0.2, 0.25) is 0 Å². The van der Waals surface area contributed by atoms with Gasteiger partial charge in [-0.3, -0.25) is 0 Å². The molecule has 0 aliphatic carbocycles. The van der Waals surface area contributed by atoms with E-state index in [0.717, 1.165) is 0 Å². The number of benzene rings is 1. The highest BCUT2D eigenvalue weighted by Gasteiger charge is 2.13. The molecule has 0 aliphatic heterocycles. The normalized spacial score (nSPS) is 11.2. The molecule has 1 aromatic carbocycles. The van der Waals surface area contributed by atoms with Crippen LogP contribution >= 0.6 is 0 Å². The number of nitrogens with zero attached hydrogens (tertiary/aromatic N) is 4. The summed E-state index contributed by atoms with van der Waals surface area (Å²) in [7, 11) is 0. The van der Waals surface area contributed by atoms with Crippen LogP contribution in [0.25, 0.3) is 11.4 Å². The second kappa shape index (κ2) is 5.75. The molecule has 2 aromatic rings. The number of nitrogen functional groups attached to an aromatic ring is 1. The number of rotatable bonds is 5. The molecule has 1 heterocycles. The summed E-state index contributed by atoms with van der Waals surface area (Å²) in [5.41, 5.74) is 6.40. The molecular formula is C12H16FN5O. The van der Waals surface area contributed by atoms with Crippen LogP contribution in [0.3, 0.4) is 0 Å². The van der Waals surface area contributed by atoms with Gasteiger partial charge < -0.3 is 10.5 Å². The number of halogens is 1. The second-order valence-corrected chi connectivity index (χ2v) is 4.38. The van der Waals surface area contributed by atoms with Crippen LogP contribution in [-0.2, 0) is 11.3 Å². The molecule has 2 rings (SSSR count). The first-order valence-corrected chi connectivity index (χ1v) is 6.01. The summed E-state index contributed by atoms with van der Waals surface area (Å²) in [4.78, 5) is 0. The van der Waals surface area contributed by atoms with Gasteiger partial charge in [0, 0.05) is 5.69 Å². The van der Waals surface area contributed by atoms with E-state index in [-0.39, 0.29) is 11.7 Å². The van der Waals surface area contributed by atoms with Crippen molar-refractivity contribution in [3.63, 3.8) is 0 Å². The van der Waals surface area contributed by atoms with Crippen LogP contribution in [0.5, 0.6) is 0 Å². The summed E-state index contributed by atoms with van der Waals surface area (Å²) in [6, 6.07) is 4.31. The van der Waals surface area contributed by atoms with E-state index in [1.54, 1.807) is 0 Å². The number of nitrogens with two attached hydrogens (primary N) is 1. The minimum atomic E-state index is -0.407. The summed E-state index contributed by atoms with van der Waals surface area (Å²) < 4.78 is 20.7. The Morgan fingerprint density at radius 1 is 1.42 bits per heavy atom. The molecular weight excluding hydrogens is 249 g/mol. The summed E-state index contributed by atoms with van der Waals surface area (Å²) in [5, 5.41) is 11.2. The Bertz CT molecular complexity index is 555. The third kappa shape index (κ3) is 3.25. The maximum Gasteiger partial charge on any atom is 0.185 e. The van der Waals surface area contributed by atoms with Crippen LogP contribution in [0.15, 0.2) is 18.2 Å². The van der Waals surface area contributed by atoms with Crippen molar-refractivity contribution in [2.24, 2.45) is 0 Å². The van der Waals surface area contributed by atoms with Gasteiger partial charge in [0.25, 0.3) is 0 Å². The number of tetrazole rings is 1. The first-order chi connectivity index (χ1) is 9.08. The highest BCUT2D eigenvalue weighted by Crippen LogP contribution is 2.22. The van der Waals surface area contributed by atoms with Crippen LogP contribution in [0.2, 0.25) is 0 Å². The van der Waals surface area contributed by atoms with Crippen LogP contribution in [0.4, 0.5) is 10.1 Å². The Hall–Kier alpha value is -2.02. The van der Waals surface area contributed by atoms with Crippen LogP contribution in [-0.4, -0.2) is 32.9 Å². The van der Waals surface area contributed by atoms with E-state index in [1.807, 2.05) is 13.8 Å². The fraction of sp³-hybridized carbons (Fsp3) is 0.417. The molecule has 7 heteroatoms. The number of anilines is 1. The molecule has 0 amide bonds. The zero-order valence-electron chi connectivity index (χ0n) is 10.9. The van der Waals surface area contributed by atoms with E-state index in [2.05, 4.69) is 15.5 Å². The van der Waals surface area contributed by atoms with Crippen molar-refractivity contribution in [1.82, 2.24) is 20.2 Å². The van der Waals surface area contributed by atoms with Crippen molar-refractivity contribution in [3.05, 3.63) is 24.0 Å². The highest BCUT2D eigenvalue weighted by molar-refractivity contribution is 5.61. The lowest BCUT2D eigenvalue weighted by Crippen LogP contribution is -2.13. The van der Waals surface area contributed by atoms with Crippen molar-refractivity contribution in [2.75, 3.05) is 12.3 Å². The SMILES string of the molecule is CC(C)OCCn1nnnc1-c1cc(N)ccc1F. The van der Waals surface area contributed by atoms with Gasteiger partial charge in [-0.05, 0) is 42.5 Å². The lowest BCUT2D eigenvalue weighted by molar-refractivity contribution is 0.0709. The molecule has 0 aliphatic rings. The molecule has 2 N–H and O–H groups in total. The lowest BCUT2D eigenvalue weighted by atomic mass is 10.2. The molecule has 0 bridgehead atoms. The second-order valence-electron chi connectivity index (χ2n) is 4.38. The van der Waals surface area contributed by atoms with Crippen molar-refractivity contribution in [3.8, 4) is 11.4 Å². The van der Waals surface area contributed by atoms with E-state index in [9.17, 15) is 4.39 Å². The van der Waals surface area contributed by atoms with Gasteiger partial charge in [0.15, 0.2) is 5.82 Å². The van der Waals surface area contributed by atoms with E-state index in [4.69, 9.17) is 10.5 Å². The predicted octanol–water partition coefficient (Wildman–Crippen LogP) is 1.49. The predicted molar refractivity (Wildman–Crippen MR) is 68.7 cm³/mol. The summed E-state index contributed by atoms with van der Waals surface area (Å²) in [6.07, 6.45) is 0.129. The lowest BCUT2D eigenvalue weighted by Gasteiger charge is -2.09. The molecule has 0 fully saturated rings. The molecule has 102 valence electrons. The Morgan fingerprint density at radius 3 is 2.95 bits per heavy atom. The van der Waals surface area contributed by atoms with E-state index >= 15 is 0 Å². The molecule has 19 heavy (non-hydrogen) atoms. The average molecular weight is 265 g/mol. The van der Waals surface area contributed by atoms with Gasteiger partial charge in [0.05, 0.1) is 24.8 Å². The first-order valence-electron chi connectivity index (χ1n) is 6.01. The fourth-order valence-corrected chi connectivity index (χ4v) is 1.64. The zero-order valence-corrected chi connectivity index (χ0v) is 10.9. The molecule has 0 spiro atoms. The van der Waals surface area contributed by atoms with Crippen molar-refractivity contribution < 1.29 is 9.13 Å². The Morgan fingerprint density at radius 2 is 2.21 bits per heavy atom. The van der Waals surface area contributed by atoms with Crippen LogP contribution in [0, 0.1) is 5.82 Å². The minimum Gasteiger partial charge on any atom is -0.399 e. The van der Waals surface area contributed by atoms with Gasteiger partial charge in [0.1, 0.15) is 5.82 Å². The highest BCUT2D eigenvalue weighted by atomic mass is 19.1. The van der Waals surface area contributed by atoms with Gasteiger partial charge in [-0.15, -0.1) is 5.10 Å². The van der Waals surface area contributed by atoms with Gasteiger partial charge in [-0.1, -0.05) is 0 Å². The maximum atomic E-state index is 13.8. The monoisotopic (exact) mass is 265 g/mol. The first kappa shape index (κ1) is 13.4. The van der Waals surface area contributed by atoms with E-state index in [0.29, 0.717) is 24.7 Å². The third-order valence-electron chi connectivity index (χ3n) is 2.52. The standard InChI is InChI=1S/C12H16FN5O/c1-8(2)19-6-5-18-12(15-16-17-18)10-7-9(14)3-4-11(10)13/h3-4,7-8H,5-6,14H2,1-2H3. The third-order valence-corrected chi connectivity index (χ3v) is 2.52.